The largest absolute Gasteiger partial charge is 0.367 e. The van der Waals surface area contributed by atoms with Gasteiger partial charge in [0.2, 0.25) is 11.9 Å². The lowest BCUT2D eigenvalue weighted by molar-refractivity contribution is -0.116. The Morgan fingerprint density at radius 3 is 2.94 bits per heavy atom. The van der Waals surface area contributed by atoms with E-state index in [1.165, 1.54) is 23.1 Å². The second kappa shape index (κ2) is 4.82. The number of hydrogen-bond donors (Lipinski definition) is 2. The van der Waals surface area contributed by atoms with Crippen LogP contribution in [-0.4, -0.2) is 20.7 Å². The van der Waals surface area contributed by atoms with E-state index >= 15 is 0 Å². The van der Waals surface area contributed by atoms with E-state index in [4.69, 9.17) is 5.73 Å². The van der Waals surface area contributed by atoms with Gasteiger partial charge in [-0.1, -0.05) is 6.07 Å². The average molecular weight is 249 g/mol. The lowest BCUT2D eigenvalue weighted by Crippen LogP contribution is -2.19. The Bertz CT molecular complexity index is 581. The lowest BCUT2D eigenvalue weighted by Gasteiger charge is -2.06. The molecule has 1 amide bonds. The van der Waals surface area contributed by atoms with E-state index in [1.54, 1.807) is 13.0 Å². The molecule has 0 aliphatic rings. The maximum Gasteiger partial charge on any atom is 0.246 e. The van der Waals surface area contributed by atoms with Crippen LogP contribution in [0.25, 0.3) is 0 Å². The van der Waals surface area contributed by atoms with Crippen molar-refractivity contribution in [2.45, 2.75) is 13.5 Å². The Morgan fingerprint density at radius 1 is 1.56 bits per heavy atom. The number of nitrogen functional groups attached to an aromatic ring is 1. The van der Waals surface area contributed by atoms with E-state index in [2.05, 4.69) is 15.4 Å². The van der Waals surface area contributed by atoms with Gasteiger partial charge in [-0.25, -0.2) is 14.1 Å². The molecule has 1 aromatic heterocycles. The van der Waals surface area contributed by atoms with Gasteiger partial charge in [-0.15, -0.1) is 5.10 Å². The van der Waals surface area contributed by atoms with Gasteiger partial charge in [-0.3, -0.25) is 4.79 Å². The Kier molecular flexibility index (Phi) is 3.22. The smallest absolute Gasteiger partial charge is 0.246 e. The summed E-state index contributed by atoms with van der Waals surface area (Å²) in [6, 6.07) is 4.58. The fourth-order valence-electron chi connectivity index (χ4n) is 1.44. The molecule has 1 aromatic carbocycles. The molecule has 6 nitrogen and oxygen atoms in total. The fourth-order valence-corrected chi connectivity index (χ4v) is 1.44. The zero-order valence-electron chi connectivity index (χ0n) is 9.72. The van der Waals surface area contributed by atoms with Gasteiger partial charge in [0.1, 0.15) is 18.7 Å². The summed E-state index contributed by atoms with van der Waals surface area (Å²) >= 11 is 0. The Hall–Kier alpha value is -2.44. The molecule has 0 aliphatic carbocycles. The number of nitrogens with zero attached hydrogens (tertiary/aromatic N) is 3. The molecule has 0 atom stereocenters. The van der Waals surface area contributed by atoms with Crippen molar-refractivity contribution in [3.8, 4) is 0 Å². The monoisotopic (exact) mass is 249 g/mol. The number of nitrogens with two attached hydrogens (primary N) is 1. The number of aromatic nitrogens is 3. The quantitative estimate of drug-likeness (QED) is 0.847. The molecule has 3 N–H and O–H groups in total. The molecule has 2 rings (SSSR count). The van der Waals surface area contributed by atoms with E-state index in [0.29, 0.717) is 0 Å². The van der Waals surface area contributed by atoms with Gasteiger partial charge in [0, 0.05) is 0 Å². The molecule has 0 saturated carbocycles. The van der Waals surface area contributed by atoms with Crippen LogP contribution in [0.3, 0.4) is 0 Å². The Balaban J connectivity index is 2.03. The van der Waals surface area contributed by atoms with Crippen LogP contribution < -0.4 is 11.1 Å². The van der Waals surface area contributed by atoms with E-state index in [-0.39, 0.29) is 18.2 Å². The highest BCUT2D eigenvalue weighted by Crippen LogP contribution is 2.15. The van der Waals surface area contributed by atoms with Crippen LogP contribution in [-0.2, 0) is 11.3 Å². The number of hydrogen-bond acceptors (Lipinski definition) is 4. The number of carbonyl (C=O) groups is 1. The molecule has 0 fully saturated rings. The maximum atomic E-state index is 13.5. The zero-order chi connectivity index (χ0) is 13.1. The van der Waals surface area contributed by atoms with Crippen molar-refractivity contribution >= 4 is 17.5 Å². The summed E-state index contributed by atoms with van der Waals surface area (Å²) in [6.45, 7) is 1.70. The molecule has 0 radical (unpaired) electrons. The summed E-state index contributed by atoms with van der Waals surface area (Å²) in [7, 11) is 0. The minimum Gasteiger partial charge on any atom is -0.367 e. The van der Waals surface area contributed by atoms with E-state index in [9.17, 15) is 9.18 Å². The van der Waals surface area contributed by atoms with Gasteiger partial charge in [-0.05, 0) is 24.6 Å². The summed E-state index contributed by atoms with van der Waals surface area (Å²) in [6.07, 6.45) is 1.33. The van der Waals surface area contributed by atoms with Gasteiger partial charge in [0.15, 0.2) is 0 Å². The first kappa shape index (κ1) is 12.0. The van der Waals surface area contributed by atoms with Crippen molar-refractivity contribution in [3.63, 3.8) is 0 Å². The predicted octanol–water partition coefficient (Wildman–Crippen LogP) is 0.947. The summed E-state index contributed by atoms with van der Waals surface area (Å²) in [5.41, 5.74) is 6.24. The number of nitrogens with one attached hydrogen (secondary N) is 1. The number of anilines is 2. The van der Waals surface area contributed by atoms with E-state index in [1.807, 2.05) is 0 Å². The molecule has 2 aromatic rings. The van der Waals surface area contributed by atoms with Crippen molar-refractivity contribution in [2.24, 2.45) is 0 Å². The zero-order valence-corrected chi connectivity index (χ0v) is 9.72. The van der Waals surface area contributed by atoms with Crippen LogP contribution in [0.15, 0.2) is 24.5 Å². The van der Waals surface area contributed by atoms with Crippen molar-refractivity contribution in [2.75, 3.05) is 11.1 Å². The first-order valence-electron chi connectivity index (χ1n) is 5.25. The molecular weight excluding hydrogens is 237 g/mol. The fraction of sp³-hybridized carbons (Fsp3) is 0.182. The van der Waals surface area contributed by atoms with E-state index in [0.717, 1.165) is 5.56 Å². The minimum atomic E-state index is -0.471. The van der Waals surface area contributed by atoms with Crippen molar-refractivity contribution in [1.29, 1.82) is 0 Å². The van der Waals surface area contributed by atoms with Crippen LogP contribution in [0.5, 0.6) is 0 Å². The number of amides is 1. The SMILES string of the molecule is Cc1ccc(NC(=O)Cn2cnc(N)n2)c(F)c1. The Labute approximate surface area is 103 Å². The van der Waals surface area contributed by atoms with Crippen LogP contribution in [0.4, 0.5) is 16.0 Å². The normalized spacial score (nSPS) is 10.3. The van der Waals surface area contributed by atoms with Crippen molar-refractivity contribution in [1.82, 2.24) is 14.8 Å². The molecule has 0 bridgehead atoms. The molecule has 0 aliphatic heterocycles. The van der Waals surface area contributed by atoms with Crippen molar-refractivity contribution in [3.05, 3.63) is 35.9 Å². The molecule has 0 unspecified atom stereocenters. The molecule has 18 heavy (non-hydrogen) atoms. The summed E-state index contributed by atoms with van der Waals surface area (Å²) in [5.74, 6) is -0.784. The molecule has 1 heterocycles. The first-order chi connectivity index (χ1) is 8.54. The van der Waals surface area contributed by atoms with Gasteiger partial charge >= 0.3 is 0 Å². The first-order valence-corrected chi connectivity index (χ1v) is 5.25. The molecule has 0 saturated heterocycles. The average Bonchev–Trinajstić information content (AvgIpc) is 2.68. The molecule has 94 valence electrons. The summed E-state index contributed by atoms with van der Waals surface area (Å²) in [5, 5.41) is 6.21. The molecule has 7 heteroatoms. The summed E-state index contributed by atoms with van der Waals surface area (Å²) in [4.78, 5) is 15.3. The second-order valence-corrected chi connectivity index (χ2v) is 3.83. The van der Waals surface area contributed by atoms with Crippen LogP contribution in [0, 0.1) is 12.7 Å². The highest BCUT2D eigenvalue weighted by atomic mass is 19.1. The second-order valence-electron chi connectivity index (χ2n) is 3.83. The number of carbonyl (C=O) groups excluding carboxylic acids is 1. The lowest BCUT2D eigenvalue weighted by atomic mass is 10.2. The topological polar surface area (TPSA) is 85.8 Å². The maximum absolute atomic E-state index is 13.5. The third-order valence-electron chi connectivity index (χ3n) is 2.26. The van der Waals surface area contributed by atoms with E-state index < -0.39 is 11.7 Å². The minimum absolute atomic E-state index is 0.0719. The number of halogens is 1. The predicted molar refractivity (Wildman–Crippen MR) is 64.2 cm³/mol. The number of rotatable bonds is 3. The highest BCUT2D eigenvalue weighted by molar-refractivity contribution is 5.90. The van der Waals surface area contributed by atoms with Gasteiger partial charge in [-0.2, -0.15) is 0 Å². The van der Waals surface area contributed by atoms with Crippen molar-refractivity contribution < 1.29 is 9.18 Å². The van der Waals surface area contributed by atoms with Gasteiger partial charge in [0.05, 0.1) is 5.69 Å². The third-order valence-corrected chi connectivity index (χ3v) is 2.26. The van der Waals surface area contributed by atoms with Gasteiger partial charge < -0.3 is 11.1 Å². The van der Waals surface area contributed by atoms with Crippen LogP contribution in [0.2, 0.25) is 0 Å². The molecule has 0 spiro atoms. The standard InChI is InChI=1S/C11H12FN5O/c1-7-2-3-9(8(12)4-7)15-10(18)5-17-6-14-11(13)16-17/h2-4,6H,5H2,1H3,(H2,13,16)(H,15,18). The van der Waals surface area contributed by atoms with Crippen LogP contribution >= 0.6 is 0 Å². The third kappa shape index (κ3) is 2.82. The molecular formula is C11H12FN5O. The Morgan fingerprint density at radius 2 is 2.33 bits per heavy atom. The number of aryl methyl sites for hydroxylation is 1. The van der Waals surface area contributed by atoms with Crippen LogP contribution in [0.1, 0.15) is 5.56 Å². The number of benzene rings is 1. The summed E-state index contributed by atoms with van der Waals surface area (Å²) < 4.78 is 14.8. The van der Waals surface area contributed by atoms with Gasteiger partial charge in [0.25, 0.3) is 0 Å². The highest BCUT2D eigenvalue weighted by Gasteiger charge is 2.08.